The molecule has 1 rings (SSSR count). The molecule has 1 aromatic rings. The molecule has 0 spiro atoms. The largest absolute Gasteiger partial charge is 0.460 e. The van der Waals surface area contributed by atoms with E-state index >= 15 is 0 Å². The predicted molar refractivity (Wildman–Crippen MR) is 114 cm³/mol. The summed E-state index contributed by atoms with van der Waals surface area (Å²) < 4.78 is 5.18. The van der Waals surface area contributed by atoms with E-state index in [4.69, 9.17) is 4.74 Å². The Morgan fingerprint density at radius 1 is 1.19 bits per heavy atom. The maximum atomic E-state index is 11.8. The van der Waals surface area contributed by atoms with Crippen molar-refractivity contribution in [1.29, 1.82) is 0 Å². The first-order valence-electron chi connectivity index (χ1n) is 8.99. The van der Waals surface area contributed by atoms with Crippen LogP contribution in [-0.4, -0.2) is 37.0 Å². The topological polar surface area (TPSA) is 46.6 Å². The lowest BCUT2D eigenvalue weighted by Crippen LogP contribution is -2.30. The van der Waals surface area contributed by atoms with Gasteiger partial charge in [-0.2, -0.15) is 0 Å². The first-order chi connectivity index (χ1) is 13.0. The number of allylic oxidation sites excluding steroid dienone is 3. The van der Waals surface area contributed by atoms with Gasteiger partial charge in [0, 0.05) is 13.5 Å². The molecule has 0 bridgehead atoms. The quantitative estimate of drug-likeness (QED) is 0.375. The Kier molecular flexibility index (Phi) is 17.6. The summed E-state index contributed by atoms with van der Waals surface area (Å²) in [5, 5.41) is 0. The second-order valence-corrected chi connectivity index (χ2v) is 5.64. The molecule has 4 heteroatoms. The van der Waals surface area contributed by atoms with Crippen LogP contribution in [0.2, 0.25) is 0 Å². The fourth-order valence-electron chi connectivity index (χ4n) is 1.86. The Morgan fingerprint density at radius 2 is 1.74 bits per heavy atom. The summed E-state index contributed by atoms with van der Waals surface area (Å²) in [6.45, 7) is 9.89. The number of aryl methyl sites for hydroxylation is 1. The van der Waals surface area contributed by atoms with Gasteiger partial charge in [-0.1, -0.05) is 42.8 Å². The van der Waals surface area contributed by atoms with Gasteiger partial charge in [-0.3, -0.25) is 4.79 Å². The molecule has 27 heavy (non-hydrogen) atoms. The second kappa shape index (κ2) is 18.0. The minimum Gasteiger partial charge on any atom is -0.460 e. The van der Waals surface area contributed by atoms with Crippen molar-refractivity contribution < 1.29 is 14.3 Å². The number of carbonyl (C=O) groups excluding carboxylic acids is 2. The molecule has 0 radical (unpaired) electrons. The van der Waals surface area contributed by atoms with Crippen molar-refractivity contribution in [2.45, 2.75) is 40.0 Å². The van der Waals surface area contributed by atoms with Crippen LogP contribution in [0.15, 0.2) is 49.1 Å². The molecule has 0 aliphatic rings. The minimum atomic E-state index is -0.355. The maximum absolute atomic E-state index is 11.8. The van der Waals surface area contributed by atoms with E-state index in [0.717, 1.165) is 18.4 Å². The molecule has 0 heterocycles. The Hall–Kier alpha value is -2.80. The highest BCUT2D eigenvalue weighted by Crippen LogP contribution is 2.05. The standard InChI is InChI=1S/C18H25NO3.C3H6.C2H2/c1-4-5-6-7-8-17(20)19(3)13-14-22-18(21)16-11-9-15(2)10-12-16;1-3-2;1-2/h5-6,9-12H,4,7-8,13-14H2,1-3H3;3H,1H2,2H3;1-2H/b6-5-;;. The average Bonchev–Trinajstić information content (AvgIpc) is 2.67. The Bertz CT molecular complexity index is 585. The van der Waals surface area contributed by atoms with Crippen LogP contribution in [0.5, 0.6) is 0 Å². The highest BCUT2D eigenvalue weighted by Gasteiger charge is 2.10. The number of hydrogen-bond acceptors (Lipinski definition) is 3. The lowest BCUT2D eigenvalue weighted by atomic mass is 10.1. The van der Waals surface area contributed by atoms with Gasteiger partial charge in [0.15, 0.2) is 0 Å². The Morgan fingerprint density at radius 3 is 2.26 bits per heavy atom. The van der Waals surface area contributed by atoms with Gasteiger partial charge in [0.2, 0.25) is 5.91 Å². The number of terminal acetylenes is 1. The SMILES string of the molecule is C#C.C=CC.CC/C=C\CCC(=O)N(C)CCOC(=O)c1ccc(C)cc1. The van der Waals surface area contributed by atoms with Crippen molar-refractivity contribution in [2.24, 2.45) is 0 Å². The van der Waals surface area contributed by atoms with Gasteiger partial charge >= 0.3 is 5.97 Å². The highest BCUT2D eigenvalue weighted by atomic mass is 16.5. The Labute approximate surface area is 164 Å². The molecule has 0 saturated carbocycles. The smallest absolute Gasteiger partial charge is 0.338 e. The summed E-state index contributed by atoms with van der Waals surface area (Å²) >= 11 is 0. The van der Waals surface area contributed by atoms with Crippen molar-refractivity contribution in [3.05, 3.63) is 60.2 Å². The van der Waals surface area contributed by atoms with Gasteiger partial charge in [0.25, 0.3) is 0 Å². The van der Waals surface area contributed by atoms with Crippen LogP contribution in [0.4, 0.5) is 0 Å². The van der Waals surface area contributed by atoms with Gasteiger partial charge in [-0.25, -0.2) is 4.79 Å². The van der Waals surface area contributed by atoms with Crippen molar-refractivity contribution >= 4 is 11.9 Å². The fourth-order valence-corrected chi connectivity index (χ4v) is 1.86. The lowest BCUT2D eigenvalue weighted by molar-refractivity contribution is -0.130. The second-order valence-electron chi connectivity index (χ2n) is 5.64. The fraction of sp³-hybridized carbons (Fsp3) is 0.391. The highest BCUT2D eigenvalue weighted by molar-refractivity contribution is 5.89. The summed E-state index contributed by atoms with van der Waals surface area (Å²) in [5.41, 5.74) is 1.63. The maximum Gasteiger partial charge on any atom is 0.338 e. The van der Waals surface area contributed by atoms with E-state index in [1.54, 1.807) is 30.2 Å². The van der Waals surface area contributed by atoms with E-state index < -0.39 is 0 Å². The number of likely N-dealkylation sites (N-methyl/N-ethyl adjacent to an activating group) is 1. The van der Waals surface area contributed by atoms with Gasteiger partial charge < -0.3 is 9.64 Å². The number of ether oxygens (including phenoxy) is 1. The van der Waals surface area contributed by atoms with E-state index in [1.807, 2.05) is 32.1 Å². The van der Waals surface area contributed by atoms with Gasteiger partial charge in [0.1, 0.15) is 6.61 Å². The van der Waals surface area contributed by atoms with Crippen LogP contribution < -0.4 is 0 Å². The zero-order chi connectivity index (χ0) is 21.1. The van der Waals surface area contributed by atoms with Crippen molar-refractivity contribution in [3.8, 4) is 12.8 Å². The Balaban J connectivity index is 0. The van der Waals surface area contributed by atoms with Gasteiger partial charge in [-0.15, -0.1) is 19.4 Å². The molecule has 148 valence electrons. The van der Waals surface area contributed by atoms with Crippen LogP contribution in [0.1, 0.15) is 49.0 Å². The van der Waals surface area contributed by atoms with Gasteiger partial charge in [0.05, 0.1) is 12.1 Å². The number of carbonyl (C=O) groups is 2. The first kappa shape index (κ1) is 26.4. The average molecular weight is 372 g/mol. The number of nitrogens with zero attached hydrogens (tertiary/aromatic N) is 1. The van der Waals surface area contributed by atoms with E-state index in [2.05, 4.69) is 32.4 Å². The summed E-state index contributed by atoms with van der Waals surface area (Å²) in [5.74, 6) is -0.293. The van der Waals surface area contributed by atoms with E-state index in [-0.39, 0.29) is 18.5 Å². The van der Waals surface area contributed by atoms with E-state index in [1.165, 1.54) is 0 Å². The van der Waals surface area contributed by atoms with Crippen molar-refractivity contribution in [3.63, 3.8) is 0 Å². The molecule has 0 unspecified atom stereocenters. The molecule has 0 aliphatic carbocycles. The van der Waals surface area contributed by atoms with Crippen LogP contribution >= 0.6 is 0 Å². The first-order valence-corrected chi connectivity index (χ1v) is 8.99. The summed E-state index contributed by atoms with van der Waals surface area (Å²) in [6, 6.07) is 7.23. The molecule has 0 fully saturated rings. The molecule has 0 saturated heterocycles. The third kappa shape index (κ3) is 14.1. The van der Waals surface area contributed by atoms with Crippen LogP contribution in [0.25, 0.3) is 0 Å². The number of esters is 1. The molecule has 0 aliphatic heterocycles. The van der Waals surface area contributed by atoms with Crippen LogP contribution in [0.3, 0.4) is 0 Å². The third-order valence-electron chi connectivity index (χ3n) is 3.30. The normalized spacial score (nSPS) is 9.26. The monoisotopic (exact) mass is 371 g/mol. The molecule has 0 atom stereocenters. The minimum absolute atomic E-state index is 0.0622. The zero-order valence-electron chi connectivity index (χ0n) is 17.1. The number of benzene rings is 1. The van der Waals surface area contributed by atoms with E-state index in [0.29, 0.717) is 18.5 Å². The number of rotatable bonds is 8. The van der Waals surface area contributed by atoms with Crippen molar-refractivity contribution in [2.75, 3.05) is 20.2 Å². The third-order valence-corrected chi connectivity index (χ3v) is 3.30. The van der Waals surface area contributed by atoms with Gasteiger partial charge in [-0.05, 0) is 38.8 Å². The molecule has 0 aromatic heterocycles. The summed E-state index contributed by atoms with van der Waals surface area (Å²) in [4.78, 5) is 25.3. The molecule has 0 N–H and O–H groups in total. The zero-order valence-corrected chi connectivity index (χ0v) is 17.1. The van der Waals surface area contributed by atoms with E-state index in [9.17, 15) is 9.59 Å². The number of amides is 1. The summed E-state index contributed by atoms with van der Waals surface area (Å²) in [7, 11) is 1.73. The molecule has 1 aromatic carbocycles. The predicted octanol–water partition coefficient (Wildman–Crippen LogP) is 4.80. The molecule has 4 nitrogen and oxygen atoms in total. The number of hydrogen-bond donors (Lipinski definition) is 0. The van der Waals surface area contributed by atoms with Crippen LogP contribution in [0, 0.1) is 19.8 Å². The molecular weight excluding hydrogens is 338 g/mol. The summed E-state index contributed by atoms with van der Waals surface area (Å²) in [6.07, 6.45) is 16.0. The molecular formula is C23H33NO3. The van der Waals surface area contributed by atoms with Crippen LogP contribution in [-0.2, 0) is 9.53 Å². The lowest BCUT2D eigenvalue weighted by Gasteiger charge is -2.16. The van der Waals surface area contributed by atoms with Crippen molar-refractivity contribution in [1.82, 2.24) is 4.90 Å². The molecule has 1 amide bonds.